The number of amides is 3. The summed E-state index contributed by atoms with van der Waals surface area (Å²) in [6.45, 7) is 9.91. The van der Waals surface area contributed by atoms with Crippen LogP contribution < -0.4 is 16.0 Å². The van der Waals surface area contributed by atoms with Crippen molar-refractivity contribution in [2.24, 2.45) is 11.8 Å². The van der Waals surface area contributed by atoms with E-state index in [0.717, 1.165) is 0 Å². The van der Waals surface area contributed by atoms with Crippen LogP contribution in [-0.2, 0) is 19.2 Å². The van der Waals surface area contributed by atoms with Gasteiger partial charge < -0.3 is 26.2 Å². The van der Waals surface area contributed by atoms with Crippen molar-refractivity contribution >= 4 is 23.7 Å². The largest absolute Gasteiger partial charge is 0.480 e. The van der Waals surface area contributed by atoms with Crippen LogP contribution in [0, 0.1) is 11.8 Å². The highest BCUT2D eigenvalue weighted by Crippen LogP contribution is 2.10. The minimum Gasteiger partial charge on any atom is -0.480 e. The number of aliphatic hydroxyl groups excluding tert-OH is 1. The zero-order valence-electron chi connectivity index (χ0n) is 16.9. The second-order valence-electron chi connectivity index (χ2n) is 7.28. The van der Waals surface area contributed by atoms with Crippen LogP contribution in [0.2, 0.25) is 0 Å². The van der Waals surface area contributed by atoms with Gasteiger partial charge in [0.1, 0.15) is 18.1 Å². The first kappa shape index (κ1) is 24.8. The molecule has 5 N–H and O–H groups in total. The van der Waals surface area contributed by atoms with Crippen LogP contribution in [0.4, 0.5) is 0 Å². The van der Waals surface area contributed by atoms with E-state index >= 15 is 0 Å². The number of hydrogen-bond donors (Lipinski definition) is 5. The van der Waals surface area contributed by atoms with Crippen molar-refractivity contribution in [2.45, 2.75) is 78.6 Å². The van der Waals surface area contributed by atoms with E-state index in [1.807, 2.05) is 6.92 Å². The molecule has 27 heavy (non-hydrogen) atoms. The normalized spacial score (nSPS) is 16.6. The second kappa shape index (κ2) is 11.5. The fraction of sp³-hybridized carbons (Fsp3) is 0.778. The van der Waals surface area contributed by atoms with Gasteiger partial charge in [0.15, 0.2) is 0 Å². The maximum Gasteiger partial charge on any atom is 0.326 e. The van der Waals surface area contributed by atoms with E-state index in [4.69, 9.17) is 0 Å². The summed E-state index contributed by atoms with van der Waals surface area (Å²) in [5.74, 6) is -3.34. The molecule has 0 radical (unpaired) electrons. The topological polar surface area (TPSA) is 145 Å². The van der Waals surface area contributed by atoms with Crippen LogP contribution in [0.25, 0.3) is 0 Å². The molecule has 0 aliphatic carbocycles. The van der Waals surface area contributed by atoms with Gasteiger partial charge in [-0.1, -0.05) is 34.1 Å². The summed E-state index contributed by atoms with van der Waals surface area (Å²) in [6, 6.07) is -2.90. The maximum atomic E-state index is 12.5. The van der Waals surface area contributed by atoms with Gasteiger partial charge >= 0.3 is 5.97 Å². The lowest BCUT2D eigenvalue weighted by atomic mass is 9.97. The summed E-state index contributed by atoms with van der Waals surface area (Å²) in [5, 5.41) is 26.0. The molecular weight excluding hydrogens is 354 g/mol. The second-order valence-corrected chi connectivity index (χ2v) is 7.28. The lowest BCUT2D eigenvalue weighted by Crippen LogP contribution is -2.57. The summed E-state index contributed by atoms with van der Waals surface area (Å²) in [7, 11) is 0. The van der Waals surface area contributed by atoms with Crippen LogP contribution in [0.15, 0.2) is 0 Å². The Morgan fingerprint density at radius 1 is 0.852 bits per heavy atom. The number of rotatable bonds is 11. The van der Waals surface area contributed by atoms with E-state index in [0.29, 0.717) is 6.42 Å². The lowest BCUT2D eigenvalue weighted by Gasteiger charge is -2.27. The van der Waals surface area contributed by atoms with Gasteiger partial charge in [0.05, 0.1) is 12.5 Å². The minimum absolute atomic E-state index is 0.138. The molecule has 0 saturated carbocycles. The summed E-state index contributed by atoms with van der Waals surface area (Å²) >= 11 is 0. The highest BCUT2D eigenvalue weighted by atomic mass is 16.4. The fourth-order valence-electron chi connectivity index (χ4n) is 2.37. The average molecular weight is 387 g/mol. The number of carboxylic acid groups (broad SMARTS) is 1. The number of carbonyl (C=O) groups is 4. The van der Waals surface area contributed by atoms with Gasteiger partial charge in [-0.3, -0.25) is 14.4 Å². The van der Waals surface area contributed by atoms with Crippen molar-refractivity contribution < 1.29 is 29.4 Å². The highest BCUT2D eigenvalue weighted by molar-refractivity contribution is 5.93. The van der Waals surface area contributed by atoms with Crippen molar-refractivity contribution in [3.63, 3.8) is 0 Å². The predicted octanol–water partition coefficient (Wildman–Crippen LogP) is 0.0183. The Kier molecular flexibility index (Phi) is 10.6. The number of aliphatic hydroxyl groups is 1. The number of carbonyl (C=O) groups excluding carboxylic acids is 3. The minimum atomic E-state index is -1.13. The average Bonchev–Trinajstić information content (AvgIpc) is 2.54. The van der Waals surface area contributed by atoms with Crippen molar-refractivity contribution in [3.8, 4) is 0 Å². The standard InChI is InChI=1S/C18H33N3O6/c1-7-10(4)15(18(26)27)21-17(25)14(9(2)3)20-16(24)12(6)19-13(23)8-11(5)22/h9-12,14-15,22H,7-8H2,1-6H3,(H,19,23)(H,20,24)(H,21,25)(H,26,27)/t10-,11?,12-,14-,15-/m0/s1. The molecule has 0 aliphatic rings. The Labute approximate surface area is 160 Å². The molecular formula is C18H33N3O6. The Hall–Kier alpha value is -2.16. The predicted molar refractivity (Wildman–Crippen MR) is 99.7 cm³/mol. The van der Waals surface area contributed by atoms with Crippen LogP contribution in [0.5, 0.6) is 0 Å². The van der Waals surface area contributed by atoms with Gasteiger partial charge in [-0.2, -0.15) is 0 Å². The third-order valence-electron chi connectivity index (χ3n) is 4.28. The molecule has 3 amide bonds. The molecule has 0 heterocycles. The van der Waals surface area contributed by atoms with Gasteiger partial charge in [0, 0.05) is 0 Å². The van der Waals surface area contributed by atoms with Crippen molar-refractivity contribution in [2.75, 3.05) is 0 Å². The van der Waals surface area contributed by atoms with E-state index in [-0.39, 0.29) is 18.3 Å². The third-order valence-corrected chi connectivity index (χ3v) is 4.28. The Morgan fingerprint density at radius 3 is 1.78 bits per heavy atom. The number of aliphatic carboxylic acids is 1. The molecule has 9 heteroatoms. The molecule has 0 spiro atoms. The van der Waals surface area contributed by atoms with Gasteiger partial charge in [0.2, 0.25) is 17.7 Å². The van der Waals surface area contributed by atoms with Crippen molar-refractivity contribution in [1.29, 1.82) is 0 Å². The van der Waals surface area contributed by atoms with Crippen LogP contribution in [-0.4, -0.2) is 58.1 Å². The van der Waals surface area contributed by atoms with Crippen molar-refractivity contribution in [3.05, 3.63) is 0 Å². The zero-order chi connectivity index (χ0) is 21.3. The Bertz CT molecular complexity index is 535. The molecule has 0 fully saturated rings. The van der Waals surface area contributed by atoms with Crippen LogP contribution in [0.3, 0.4) is 0 Å². The summed E-state index contributed by atoms with van der Waals surface area (Å²) < 4.78 is 0. The molecule has 0 aromatic carbocycles. The lowest BCUT2D eigenvalue weighted by molar-refractivity contribution is -0.144. The molecule has 0 aliphatic heterocycles. The molecule has 156 valence electrons. The Balaban J connectivity index is 5.01. The number of carboxylic acids is 1. The Morgan fingerprint density at radius 2 is 1.37 bits per heavy atom. The third kappa shape index (κ3) is 8.85. The monoisotopic (exact) mass is 387 g/mol. The SMILES string of the molecule is CC[C@H](C)[C@H](NC(=O)[C@@H](NC(=O)[C@H](C)NC(=O)CC(C)O)C(C)C)C(=O)O. The van der Waals surface area contributed by atoms with Gasteiger partial charge in [-0.15, -0.1) is 0 Å². The molecule has 9 nitrogen and oxygen atoms in total. The van der Waals surface area contributed by atoms with E-state index in [2.05, 4.69) is 16.0 Å². The highest BCUT2D eigenvalue weighted by Gasteiger charge is 2.32. The summed E-state index contributed by atoms with van der Waals surface area (Å²) in [5.41, 5.74) is 0. The molecule has 1 unspecified atom stereocenters. The summed E-state index contributed by atoms with van der Waals surface area (Å²) in [6.07, 6.45) is -0.397. The number of nitrogens with one attached hydrogen (secondary N) is 3. The maximum absolute atomic E-state index is 12.5. The van der Waals surface area contributed by atoms with Crippen LogP contribution >= 0.6 is 0 Å². The van der Waals surface area contributed by atoms with Gasteiger partial charge in [-0.25, -0.2) is 4.79 Å². The van der Waals surface area contributed by atoms with E-state index < -0.39 is 47.9 Å². The van der Waals surface area contributed by atoms with E-state index in [1.165, 1.54) is 13.8 Å². The molecule has 0 rings (SSSR count). The molecule has 5 atom stereocenters. The first-order valence-electron chi connectivity index (χ1n) is 9.21. The fourth-order valence-corrected chi connectivity index (χ4v) is 2.37. The smallest absolute Gasteiger partial charge is 0.326 e. The molecule has 0 bridgehead atoms. The van der Waals surface area contributed by atoms with E-state index in [9.17, 15) is 29.4 Å². The van der Waals surface area contributed by atoms with Crippen LogP contribution in [0.1, 0.15) is 54.4 Å². The quantitative estimate of drug-likeness (QED) is 0.338. The van der Waals surface area contributed by atoms with Gasteiger partial charge in [-0.05, 0) is 25.7 Å². The molecule has 0 saturated heterocycles. The van der Waals surface area contributed by atoms with E-state index in [1.54, 1.807) is 20.8 Å². The first-order chi connectivity index (χ1) is 12.4. The summed E-state index contributed by atoms with van der Waals surface area (Å²) in [4.78, 5) is 47.9. The zero-order valence-corrected chi connectivity index (χ0v) is 16.9. The molecule has 0 aromatic rings. The number of hydrogen-bond acceptors (Lipinski definition) is 5. The van der Waals surface area contributed by atoms with Gasteiger partial charge in [0.25, 0.3) is 0 Å². The first-order valence-corrected chi connectivity index (χ1v) is 9.21. The molecule has 0 aromatic heterocycles. The van der Waals surface area contributed by atoms with Crippen molar-refractivity contribution in [1.82, 2.24) is 16.0 Å².